The number of rotatable bonds is 4. The highest BCUT2D eigenvalue weighted by molar-refractivity contribution is 5.85. The van der Waals surface area contributed by atoms with E-state index in [-0.39, 0.29) is 30.3 Å². The molecule has 134 valence electrons. The monoisotopic (exact) mass is 360 g/mol. The van der Waals surface area contributed by atoms with Gasteiger partial charge in [0, 0.05) is 18.5 Å². The molecule has 2 aromatic rings. The number of benzene rings is 2. The third kappa shape index (κ3) is 5.05. The molecule has 0 spiro atoms. The number of carbonyl (C=O) groups excluding carboxylic acids is 1. The van der Waals surface area contributed by atoms with Crippen molar-refractivity contribution in [3.05, 3.63) is 60.2 Å². The van der Waals surface area contributed by atoms with E-state index in [2.05, 4.69) is 29.6 Å². The van der Waals surface area contributed by atoms with Gasteiger partial charge in [0.05, 0.1) is 6.10 Å². The standard InChI is InChI=1S/C20H24N2O2.ClH/c21-18-12-17(10-11-19(18)23)20(24)22-13-14-6-8-16(9-7-14)15-4-2-1-3-5-15;/h1-9,17-19,23H,10-13,21H2,(H,22,24);1H/t17-,18+,19+;/m0./s1. The number of hydrogen-bond acceptors (Lipinski definition) is 3. The number of nitrogens with one attached hydrogen (secondary N) is 1. The molecule has 1 amide bonds. The van der Waals surface area contributed by atoms with Crippen molar-refractivity contribution < 1.29 is 9.90 Å². The van der Waals surface area contributed by atoms with Crippen molar-refractivity contribution in [1.29, 1.82) is 0 Å². The van der Waals surface area contributed by atoms with Crippen molar-refractivity contribution >= 4 is 18.3 Å². The Hall–Kier alpha value is -1.88. The van der Waals surface area contributed by atoms with E-state index in [0.717, 1.165) is 11.1 Å². The topological polar surface area (TPSA) is 75.4 Å². The molecule has 0 bridgehead atoms. The molecule has 0 aliphatic heterocycles. The number of aliphatic hydroxyl groups is 1. The first-order chi connectivity index (χ1) is 11.6. The van der Waals surface area contributed by atoms with Gasteiger partial charge in [0.15, 0.2) is 0 Å². The number of amides is 1. The van der Waals surface area contributed by atoms with E-state index >= 15 is 0 Å². The summed E-state index contributed by atoms with van der Waals surface area (Å²) >= 11 is 0. The molecule has 5 heteroatoms. The number of halogens is 1. The first kappa shape index (κ1) is 19.4. The maximum atomic E-state index is 12.3. The van der Waals surface area contributed by atoms with Crippen molar-refractivity contribution in [1.82, 2.24) is 5.32 Å². The number of hydrogen-bond donors (Lipinski definition) is 3. The zero-order chi connectivity index (χ0) is 16.9. The second-order valence-electron chi connectivity index (χ2n) is 6.52. The number of nitrogens with two attached hydrogens (primary N) is 1. The molecule has 3 atom stereocenters. The second kappa shape index (κ2) is 8.99. The molecule has 25 heavy (non-hydrogen) atoms. The third-order valence-electron chi connectivity index (χ3n) is 4.76. The minimum Gasteiger partial charge on any atom is -0.392 e. The average Bonchev–Trinajstić information content (AvgIpc) is 2.63. The molecule has 4 N–H and O–H groups in total. The summed E-state index contributed by atoms with van der Waals surface area (Å²) in [4.78, 5) is 12.3. The van der Waals surface area contributed by atoms with E-state index in [1.54, 1.807) is 0 Å². The van der Waals surface area contributed by atoms with E-state index in [0.29, 0.717) is 25.8 Å². The van der Waals surface area contributed by atoms with Gasteiger partial charge in [-0.3, -0.25) is 4.79 Å². The van der Waals surface area contributed by atoms with Crippen LogP contribution in [0.25, 0.3) is 11.1 Å². The van der Waals surface area contributed by atoms with Crippen LogP contribution in [0.3, 0.4) is 0 Å². The smallest absolute Gasteiger partial charge is 0.223 e. The van der Waals surface area contributed by atoms with Gasteiger partial charge in [-0.25, -0.2) is 0 Å². The van der Waals surface area contributed by atoms with E-state index in [1.165, 1.54) is 5.56 Å². The van der Waals surface area contributed by atoms with Crippen LogP contribution in [0.2, 0.25) is 0 Å². The lowest BCUT2D eigenvalue weighted by Crippen LogP contribution is -2.44. The van der Waals surface area contributed by atoms with Crippen LogP contribution in [0.4, 0.5) is 0 Å². The van der Waals surface area contributed by atoms with Crippen molar-refractivity contribution in [3.63, 3.8) is 0 Å². The normalized spacial score (nSPS) is 22.7. The zero-order valence-electron chi connectivity index (χ0n) is 14.1. The quantitative estimate of drug-likeness (QED) is 0.784. The number of aliphatic hydroxyl groups excluding tert-OH is 1. The molecule has 0 heterocycles. The minimum atomic E-state index is -0.473. The van der Waals surface area contributed by atoms with E-state index in [9.17, 15) is 9.90 Å². The largest absolute Gasteiger partial charge is 0.392 e. The van der Waals surface area contributed by atoms with Gasteiger partial charge < -0.3 is 16.2 Å². The lowest BCUT2D eigenvalue weighted by molar-refractivity contribution is -0.127. The molecule has 2 aromatic carbocycles. The van der Waals surface area contributed by atoms with Crippen molar-refractivity contribution in [2.24, 2.45) is 11.7 Å². The van der Waals surface area contributed by atoms with Crippen LogP contribution >= 0.6 is 12.4 Å². The van der Waals surface area contributed by atoms with Crippen LogP contribution < -0.4 is 11.1 Å². The average molecular weight is 361 g/mol. The van der Waals surface area contributed by atoms with Gasteiger partial charge in [0.2, 0.25) is 5.91 Å². The molecule has 1 fully saturated rings. The van der Waals surface area contributed by atoms with Crippen molar-refractivity contribution in [2.45, 2.75) is 38.0 Å². The summed E-state index contributed by atoms with van der Waals surface area (Å²) in [6.45, 7) is 0.516. The highest BCUT2D eigenvalue weighted by Crippen LogP contribution is 2.24. The van der Waals surface area contributed by atoms with Crippen LogP contribution in [0.5, 0.6) is 0 Å². The molecule has 4 nitrogen and oxygen atoms in total. The summed E-state index contributed by atoms with van der Waals surface area (Å²) in [6, 6.07) is 18.1. The van der Waals surface area contributed by atoms with Crippen LogP contribution in [0, 0.1) is 5.92 Å². The highest BCUT2D eigenvalue weighted by Gasteiger charge is 2.30. The van der Waals surface area contributed by atoms with Gasteiger partial charge in [-0.1, -0.05) is 54.6 Å². The Balaban J connectivity index is 0.00000225. The Morgan fingerprint density at radius 3 is 2.32 bits per heavy atom. The van der Waals surface area contributed by atoms with Gasteiger partial charge in [-0.15, -0.1) is 12.4 Å². The van der Waals surface area contributed by atoms with E-state index in [4.69, 9.17) is 5.73 Å². The maximum absolute atomic E-state index is 12.3. The predicted octanol–water partition coefficient (Wildman–Crippen LogP) is 2.88. The predicted molar refractivity (Wildman–Crippen MR) is 102 cm³/mol. The molecule has 0 unspecified atom stereocenters. The summed E-state index contributed by atoms with van der Waals surface area (Å²) in [5.41, 5.74) is 9.28. The van der Waals surface area contributed by atoms with E-state index in [1.807, 2.05) is 30.3 Å². The highest BCUT2D eigenvalue weighted by atomic mass is 35.5. The lowest BCUT2D eigenvalue weighted by atomic mass is 9.83. The van der Waals surface area contributed by atoms with Gasteiger partial charge in [0.1, 0.15) is 0 Å². The molecular formula is C20H25ClN2O2. The zero-order valence-corrected chi connectivity index (χ0v) is 14.9. The first-order valence-corrected chi connectivity index (χ1v) is 8.49. The summed E-state index contributed by atoms with van der Waals surface area (Å²) in [5, 5.41) is 12.6. The fraction of sp³-hybridized carbons (Fsp3) is 0.350. The Morgan fingerprint density at radius 2 is 1.68 bits per heavy atom. The SMILES string of the molecule is Cl.N[C@@H]1C[C@@H](C(=O)NCc2ccc(-c3ccccc3)cc2)CC[C@H]1O. The van der Waals surface area contributed by atoms with Crippen LogP contribution in [0.15, 0.2) is 54.6 Å². The molecule has 1 aliphatic carbocycles. The maximum Gasteiger partial charge on any atom is 0.223 e. The van der Waals surface area contributed by atoms with Gasteiger partial charge in [-0.2, -0.15) is 0 Å². The molecule has 0 radical (unpaired) electrons. The van der Waals surface area contributed by atoms with Gasteiger partial charge >= 0.3 is 0 Å². The number of carbonyl (C=O) groups is 1. The molecule has 1 aliphatic rings. The van der Waals surface area contributed by atoms with Gasteiger partial charge in [-0.05, 0) is 36.0 Å². The molecule has 0 saturated heterocycles. The fourth-order valence-electron chi connectivity index (χ4n) is 3.21. The van der Waals surface area contributed by atoms with Crippen LogP contribution in [0.1, 0.15) is 24.8 Å². The third-order valence-corrected chi connectivity index (χ3v) is 4.76. The van der Waals surface area contributed by atoms with E-state index < -0.39 is 6.10 Å². The van der Waals surface area contributed by atoms with Crippen molar-refractivity contribution in [3.8, 4) is 11.1 Å². The Morgan fingerprint density at radius 1 is 1.04 bits per heavy atom. The second-order valence-corrected chi connectivity index (χ2v) is 6.52. The Kier molecular flexibility index (Phi) is 7.00. The Labute approximate surface area is 154 Å². The summed E-state index contributed by atoms with van der Waals surface area (Å²) < 4.78 is 0. The fourth-order valence-corrected chi connectivity index (χ4v) is 3.21. The lowest BCUT2D eigenvalue weighted by Gasteiger charge is -2.30. The summed E-state index contributed by atoms with van der Waals surface area (Å²) in [6.07, 6.45) is 1.39. The van der Waals surface area contributed by atoms with Crippen LogP contribution in [-0.2, 0) is 11.3 Å². The molecule has 0 aromatic heterocycles. The van der Waals surface area contributed by atoms with Crippen LogP contribution in [-0.4, -0.2) is 23.2 Å². The summed E-state index contributed by atoms with van der Waals surface area (Å²) in [5.74, 6) is -0.0588. The van der Waals surface area contributed by atoms with Crippen molar-refractivity contribution in [2.75, 3.05) is 0 Å². The molecule has 3 rings (SSSR count). The van der Waals surface area contributed by atoms with Gasteiger partial charge in [0.25, 0.3) is 0 Å². The molecule has 1 saturated carbocycles. The minimum absolute atomic E-state index is 0. The summed E-state index contributed by atoms with van der Waals surface area (Å²) in [7, 11) is 0. The first-order valence-electron chi connectivity index (χ1n) is 8.49. The Bertz CT molecular complexity index is 676. The molecular weight excluding hydrogens is 336 g/mol.